The number of rotatable bonds is 5. The topological polar surface area (TPSA) is 155 Å². The Labute approximate surface area is 154 Å². The molecule has 2 rings (SSSR count). The number of carbonyl (C=O) groups excluding carboxylic acids is 3. The molecule has 0 saturated heterocycles. The molecule has 0 bridgehead atoms. The van der Waals surface area contributed by atoms with Gasteiger partial charge in [-0.05, 0) is 49.2 Å². The fourth-order valence-electron chi connectivity index (χ4n) is 2.08. The molecule has 27 heavy (non-hydrogen) atoms. The van der Waals surface area contributed by atoms with Gasteiger partial charge < -0.3 is 20.6 Å². The van der Waals surface area contributed by atoms with Gasteiger partial charge in [-0.25, -0.2) is 5.48 Å². The van der Waals surface area contributed by atoms with Crippen LogP contribution in [-0.4, -0.2) is 40.2 Å². The lowest BCUT2D eigenvalue weighted by molar-refractivity contribution is -0.133. The Kier molecular flexibility index (Phi) is 6.32. The Morgan fingerprint density at radius 1 is 1.11 bits per heavy atom. The predicted octanol–water partition coefficient (Wildman–Crippen LogP) is -0.237. The van der Waals surface area contributed by atoms with E-state index in [-0.39, 0.29) is 17.1 Å². The van der Waals surface area contributed by atoms with Crippen LogP contribution in [0.4, 0.5) is 0 Å². The van der Waals surface area contributed by atoms with Crippen molar-refractivity contribution in [1.82, 2.24) is 10.8 Å². The number of aliphatic hydroxyl groups is 1. The molecule has 9 heteroatoms. The molecule has 6 N–H and O–H groups in total. The molecule has 9 nitrogen and oxygen atoms in total. The van der Waals surface area contributed by atoms with Gasteiger partial charge >= 0.3 is 0 Å². The molecule has 1 heterocycles. The second-order valence-corrected chi connectivity index (χ2v) is 5.52. The second-order valence-electron chi connectivity index (χ2n) is 5.52. The summed E-state index contributed by atoms with van der Waals surface area (Å²) < 4.78 is 5.13. The zero-order valence-electron chi connectivity index (χ0n) is 14.2. The highest BCUT2D eigenvalue weighted by molar-refractivity contribution is 5.97. The second kappa shape index (κ2) is 8.66. The molecule has 1 aromatic heterocycles. The van der Waals surface area contributed by atoms with Crippen LogP contribution in [-0.2, 0) is 4.79 Å². The Morgan fingerprint density at radius 3 is 2.30 bits per heavy atom. The minimum atomic E-state index is -1.31. The summed E-state index contributed by atoms with van der Waals surface area (Å²) in [7, 11) is 0. The molecule has 0 spiro atoms. The molecule has 0 radical (unpaired) electrons. The van der Waals surface area contributed by atoms with Crippen molar-refractivity contribution in [3.05, 3.63) is 59.0 Å². The van der Waals surface area contributed by atoms with Gasteiger partial charge in [-0.2, -0.15) is 0 Å². The summed E-state index contributed by atoms with van der Waals surface area (Å²) in [6, 6.07) is 7.73. The van der Waals surface area contributed by atoms with Gasteiger partial charge in [0.05, 0.1) is 6.10 Å². The van der Waals surface area contributed by atoms with Crippen LogP contribution in [0.2, 0.25) is 0 Å². The van der Waals surface area contributed by atoms with Crippen LogP contribution in [0.15, 0.2) is 40.8 Å². The summed E-state index contributed by atoms with van der Waals surface area (Å²) in [6.07, 6.45) is -1.20. The number of carbonyl (C=O) groups is 3. The van der Waals surface area contributed by atoms with E-state index in [0.717, 1.165) is 0 Å². The molecule has 0 unspecified atom stereocenters. The lowest BCUT2D eigenvalue weighted by Crippen LogP contribution is -2.51. The van der Waals surface area contributed by atoms with E-state index in [1.807, 2.05) is 0 Å². The van der Waals surface area contributed by atoms with Gasteiger partial charge in [0.25, 0.3) is 17.7 Å². The Morgan fingerprint density at radius 2 is 1.78 bits per heavy atom. The molecule has 1 aromatic carbocycles. The lowest BCUT2D eigenvalue weighted by Gasteiger charge is -2.19. The van der Waals surface area contributed by atoms with Crippen LogP contribution in [0.3, 0.4) is 0 Å². The van der Waals surface area contributed by atoms with Crippen LogP contribution < -0.4 is 16.5 Å². The summed E-state index contributed by atoms with van der Waals surface area (Å²) >= 11 is 0. The third-order valence-electron chi connectivity index (χ3n) is 3.49. The number of hydrogen-bond donors (Lipinski definition) is 5. The zero-order valence-corrected chi connectivity index (χ0v) is 14.2. The highest BCUT2D eigenvalue weighted by atomic mass is 16.5. The normalized spacial score (nSPS) is 12.3. The Hall–Kier alpha value is -3.61. The lowest BCUT2D eigenvalue weighted by atomic mass is 10.1. The molecule has 0 aliphatic rings. The van der Waals surface area contributed by atoms with E-state index in [4.69, 9.17) is 15.4 Å². The van der Waals surface area contributed by atoms with E-state index in [1.54, 1.807) is 12.1 Å². The first-order valence-corrected chi connectivity index (χ1v) is 7.76. The van der Waals surface area contributed by atoms with Crippen LogP contribution in [0.25, 0.3) is 0 Å². The molecular weight excluding hydrogens is 354 g/mol. The van der Waals surface area contributed by atoms with E-state index in [0.29, 0.717) is 5.56 Å². The maximum Gasteiger partial charge on any atom is 0.284 e. The van der Waals surface area contributed by atoms with Crippen LogP contribution in [0, 0.1) is 11.8 Å². The van der Waals surface area contributed by atoms with Crippen LogP contribution in [0.5, 0.6) is 0 Å². The first kappa shape index (κ1) is 19.7. The number of hydrogen-bond acceptors (Lipinski definition) is 6. The Balaban J connectivity index is 2.08. The molecule has 0 fully saturated rings. The maximum absolute atomic E-state index is 12.2. The van der Waals surface area contributed by atoms with Crippen molar-refractivity contribution >= 4 is 17.7 Å². The standard InChI is InChI=1S/C18H17N3O6/c1-10(22)15(18(25)21-26)20-17(24)12-5-2-11(3-6-12)4-7-13-8-9-14(27-13)16(19)23/h2-3,5-6,8-10,15,22,26H,1H3,(H2,19,23)(H,20,24)(H,21,25)/t10-,15+/m1/s1. The van der Waals surface area contributed by atoms with Gasteiger partial charge in [-0.3, -0.25) is 19.6 Å². The number of hydroxylamine groups is 1. The number of furan rings is 1. The van der Waals surface area contributed by atoms with Crippen LogP contribution >= 0.6 is 0 Å². The third kappa shape index (κ3) is 5.18. The van der Waals surface area contributed by atoms with Crippen LogP contribution in [0.1, 0.15) is 39.2 Å². The largest absolute Gasteiger partial charge is 0.443 e. The first-order chi connectivity index (χ1) is 12.8. The number of nitrogens with two attached hydrogens (primary N) is 1. The fraction of sp³-hybridized carbons (Fsp3) is 0.167. The van der Waals surface area contributed by atoms with Gasteiger partial charge in [0.1, 0.15) is 6.04 Å². The average Bonchev–Trinajstić information content (AvgIpc) is 3.13. The Bertz CT molecular complexity index is 905. The number of aliphatic hydroxyl groups excluding tert-OH is 1. The van der Waals surface area contributed by atoms with Crippen molar-refractivity contribution in [3.8, 4) is 11.8 Å². The van der Waals surface area contributed by atoms with E-state index >= 15 is 0 Å². The SMILES string of the molecule is C[C@@H](O)[C@H](NC(=O)c1ccc(C#Cc2ccc(C(N)=O)o2)cc1)C(=O)NO. The highest BCUT2D eigenvalue weighted by Crippen LogP contribution is 2.08. The predicted molar refractivity (Wildman–Crippen MR) is 92.5 cm³/mol. The van der Waals surface area contributed by atoms with Gasteiger partial charge in [0.15, 0.2) is 11.5 Å². The smallest absolute Gasteiger partial charge is 0.284 e. The first-order valence-electron chi connectivity index (χ1n) is 7.76. The summed E-state index contributed by atoms with van der Waals surface area (Å²) in [4.78, 5) is 34.6. The number of benzene rings is 1. The number of primary amides is 1. The number of amides is 3. The van der Waals surface area contributed by atoms with E-state index in [9.17, 15) is 19.5 Å². The maximum atomic E-state index is 12.2. The van der Waals surface area contributed by atoms with E-state index < -0.39 is 29.9 Å². The van der Waals surface area contributed by atoms with Crippen molar-refractivity contribution in [2.24, 2.45) is 5.73 Å². The molecule has 2 atom stereocenters. The van der Waals surface area contributed by atoms with Gasteiger partial charge in [-0.1, -0.05) is 5.92 Å². The van der Waals surface area contributed by atoms with Gasteiger partial charge in [-0.15, -0.1) is 0 Å². The van der Waals surface area contributed by atoms with E-state index in [1.165, 1.54) is 36.7 Å². The third-order valence-corrected chi connectivity index (χ3v) is 3.49. The summed E-state index contributed by atoms with van der Waals surface area (Å²) in [5.41, 5.74) is 7.27. The molecule has 2 aromatic rings. The van der Waals surface area contributed by atoms with Crippen molar-refractivity contribution in [1.29, 1.82) is 0 Å². The number of nitrogens with one attached hydrogen (secondary N) is 2. The molecule has 0 aliphatic heterocycles. The molecule has 3 amide bonds. The van der Waals surface area contributed by atoms with Crippen molar-refractivity contribution < 1.29 is 29.1 Å². The molecule has 140 valence electrons. The van der Waals surface area contributed by atoms with E-state index in [2.05, 4.69) is 17.2 Å². The minimum absolute atomic E-state index is 0.00546. The average molecular weight is 371 g/mol. The van der Waals surface area contributed by atoms with Crippen molar-refractivity contribution in [2.45, 2.75) is 19.1 Å². The quantitative estimate of drug-likeness (QED) is 0.278. The van der Waals surface area contributed by atoms with Crippen molar-refractivity contribution in [2.75, 3.05) is 0 Å². The van der Waals surface area contributed by atoms with Gasteiger partial charge in [0.2, 0.25) is 0 Å². The van der Waals surface area contributed by atoms with Gasteiger partial charge in [0, 0.05) is 11.1 Å². The monoisotopic (exact) mass is 371 g/mol. The molecule has 0 aliphatic carbocycles. The molecule has 0 saturated carbocycles. The summed E-state index contributed by atoms with van der Waals surface area (Å²) in [5.74, 6) is 3.55. The van der Waals surface area contributed by atoms with Crippen molar-refractivity contribution in [3.63, 3.8) is 0 Å². The summed E-state index contributed by atoms with van der Waals surface area (Å²) in [5, 5.41) is 20.5. The molecular formula is C18H17N3O6. The minimum Gasteiger partial charge on any atom is -0.443 e. The zero-order chi connectivity index (χ0) is 20.0. The highest BCUT2D eigenvalue weighted by Gasteiger charge is 2.25. The fourth-order valence-corrected chi connectivity index (χ4v) is 2.08. The summed E-state index contributed by atoms with van der Waals surface area (Å²) in [6.45, 7) is 1.30.